The summed E-state index contributed by atoms with van der Waals surface area (Å²) in [6.45, 7) is 9.64. The smallest absolute Gasteiger partial charge is 0.264 e. The zero-order chi connectivity index (χ0) is 50.6. The molecule has 3 aromatic carbocycles. The largest absolute Gasteiger partial charge is 0.494 e. The summed E-state index contributed by atoms with van der Waals surface area (Å²) in [5.41, 5.74) is 4.61. The van der Waals surface area contributed by atoms with E-state index < -0.39 is 53.2 Å². The molecule has 2 fully saturated rings. The summed E-state index contributed by atoms with van der Waals surface area (Å²) in [7, 11) is 1.69. The van der Waals surface area contributed by atoms with E-state index >= 15 is 0 Å². The van der Waals surface area contributed by atoms with Crippen LogP contribution in [-0.4, -0.2) is 115 Å². The Morgan fingerprint density at radius 3 is 2.35 bits per heavy atom. The number of carbonyl (C=O) groups excluding carboxylic acids is 8. The second-order valence-corrected chi connectivity index (χ2v) is 20.7. The van der Waals surface area contributed by atoms with Gasteiger partial charge in [-0.25, -0.2) is 0 Å². The molecule has 378 valence electrons. The molecule has 0 spiro atoms. The van der Waals surface area contributed by atoms with Crippen LogP contribution in [0.3, 0.4) is 0 Å². The molecule has 0 aromatic heterocycles. The minimum atomic E-state index is -1.04. The summed E-state index contributed by atoms with van der Waals surface area (Å²) in [5, 5.41) is 14.6. The van der Waals surface area contributed by atoms with Crippen LogP contribution in [0.1, 0.15) is 134 Å². The maximum Gasteiger partial charge on any atom is 0.264 e. The molecule has 3 aromatic rings. The molecule has 17 heteroatoms. The van der Waals surface area contributed by atoms with Crippen LogP contribution in [-0.2, 0) is 48.2 Å². The Labute approximate surface area is 415 Å². The van der Waals surface area contributed by atoms with E-state index in [1.54, 1.807) is 37.1 Å². The molecule has 0 radical (unpaired) electrons. The zero-order valence-corrected chi connectivity index (χ0v) is 41.6. The molecular formula is C54H68N8O9. The highest BCUT2D eigenvalue weighted by Crippen LogP contribution is 2.37. The maximum absolute atomic E-state index is 14.7. The number of aryl methyl sites for hydroxylation is 1. The van der Waals surface area contributed by atoms with Crippen LogP contribution < -0.4 is 36.2 Å². The number of amides is 8. The van der Waals surface area contributed by atoms with Gasteiger partial charge < -0.3 is 35.8 Å². The zero-order valence-electron chi connectivity index (χ0n) is 41.6. The Kier molecular flexibility index (Phi) is 15.6. The van der Waals surface area contributed by atoms with Gasteiger partial charge in [-0.05, 0) is 124 Å². The fraction of sp³-hybridized carbons (Fsp3) is 0.519. The fourth-order valence-corrected chi connectivity index (χ4v) is 10.6. The number of imide groups is 2. The van der Waals surface area contributed by atoms with Gasteiger partial charge in [0.15, 0.2) is 0 Å². The third kappa shape index (κ3) is 11.1. The van der Waals surface area contributed by atoms with Crippen molar-refractivity contribution in [2.24, 2.45) is 11.3 Å². The maximum atomic E-state index is 14.7. The van der Waals surface area contributed by atoms with Crippen LogP contribution in [0, 0.1) is 11.3 Å². The SMILES string of the molecule is CN[C@@H](C)C(=O)N[C@H](C(=O)N1Cc2cc(OCCCCCNC(=O)C3CCN(c4cccc5c4C(=O)N(C4CCC(=O)NC4=O)C5=O)CC3)ccc2C[C@H]1C(=O)N[C@@H]1CCCc2ccccc21)C(C)(C)C. The number of hydrogen-bond donors (Lipinski definition) is 5. The van der Waals surface area contributed by atoms with Crippen LogP contribution in [0.2, 0.25) is 0 Å². The van der Waals surface area contributed by atoms with Gasteiger partial charge in [-0.3, -0.25) is 48.6 Å². The Hall–Kier alpha value is -6.62. The van der Waals surface area contributed by atoms with Crippen molar-refractivity contribution in [3.8, 4) is 5.75 Å². The van der Waals surface area contributed by atoms with Gasteiger partial charge in [-0.1, -0.05) is 57.2 Å². The van der Waals surface area contributed by atoms with Crippen LogP contribution in [0.5, 0.6) is 5.75 Å². The van der Waals surface area contributed by atoms with Crippen molar-refractivity contribution < 1.29 is 43.1 Å². The molecule has 0 bridgehead atoms. The number of carbonyl (C=O) groups is 8. The van der Waals surface area contributed by atoms with Crippen LogP contribution in [0.25, 0.3) is 0 Å². The molecule has 0 saturated carbocycles. The van der Waals surface area contributed by atoms with Gasteiger partial charge in [-0.15, -0.1) is 0 Å². The minimum absolute atomic E-state index is 0.0150. The molecule has 8 rings (SSSR count). The summed E-state index contributed by atoms with van der Waals surface area (Å²) in [6, 6.07) is 15.7. The van der Waals surface area contributed by atoms with E-state index in [1.807, 2.05) is 56.0 Å². The van der Waals surface area contributed by atoms with E-state index in [0.29, 0.717) is 56.9 Å². The summed E-state index contributed by atoms with van der Waals surface area (Å²) < 4.78 is 6.21. The van der Waals surface area contributed by atoms with Crippen molar-refractivity contribution in [3.05, 3.63) is 94.0 Å². The average molecular weight is 973 g/mol. The number of fused-ring (bicyclic) bond motifs is 3. The summed E-state index contributed by atoms with van der Waals surface area (Å²) >= 11 is 0. The molecule has 5 N–H and O–H groups in total. The first-order valence-corrected chi connectivity index (χ1v) is 25.3. The van der Waals surface area contributed by atoms with Gasteiger partial charge >= 0.3 is 0 Å². The molecule has 17 nitrogen and oxygen atoms in total. The van der Waals surface area contributed by atoms with Gasteiger partial charge in [0.2, 0.25) is 35.4 Å². The minimum Gasteiger partial charge on any atom is -0.494 e. The number of nitrogens with zero attached hydrogens (tertiary/aromatic N) is 3. The fourth-order valence-electron chi connectivity index (χ4n) is 10.6. The lowest BCUT2D eigenvalue weighted by Gasteiger charge is -2.41. The Morgan fingerprint density at radius 2 is 1.61 bits per heavy atom. The number of rotatable bonds is 16. The van der Waals surface area contributed by atoms with E-state index in [-0.39, 0.29) is 66.1 Å². The second kappa shape index (κ2) is 21.8. The lowest BCUT2D eigenvalue weighted by Crippen LogP contribution is -2.62. The van der Waals surface area contributed by atoms with Gasteiger partial charge in [0, 0.05) is 44.9 Å². The summed E-state index contributed by atoms with van der Waals surface area (Å²) in [4.78, 5) is 111. The molecule has 4 heterocycles. The number of ether oxygens (including phenoxy) is 1. The topological polar surface area (TPSA) is 216 Å². The molecule has 1 unspecified atom stereocenters. The number of hydrogen-bond acceptors (Lipinski definition) is 11. The molecule has 5 aliphatic rings. The third-order valence-electron chi connectivity index (χ3n) is 14.8. The van der Waals surface area contributed by atoms with Crippen molar-refractivity contribution in [2.45, 2.75) is 135 Å². The van der Waals surface area contributed by atoms with Crippen molar-refractivity contribution in [2.75, 3.05) is 38.2 Å². The number of nitrogens with one attached hydrogen (secondary N) is 5. The lowest BCUT2D eigenvalue weighted by molar-refractivity contribution is -0.147. The lowest BCUT2D eigenvalue weighted by atomic mass is 9.83. The molecule has 2 saturated heterocycles. The van der Waals surface area contributed by atoms with Crippen molar-refractivity contribution in [1.29, 1.82) is 0 Å². The van der Waals surface area contributed by atoms with Crippen LogP contribution in [0.4, 0.5) is 5.69 Å². The molecule has 1 aliphatic carbocycles. The van der Waals surface area contributed by atoms with Gasteiger partial charge in [0.1, 0.15) is 23.9 Å². The second-order valence-electron chi connectivity index (χ2n) is 20.7. The van der Waals surface area contributed by atoms with Gasteiger partial charge in [0.25, 0.3) is 11.8 Å². The Morgan fingerprint density at radius 1 is 0.831 bits per heavy atom. The standard InChI is InChI=1S/C54H68N8O9/c1-32(55-5)47(64)59-46(54(2,3)4)53(70)61-31-36-29-37(20-19-35(36)30-43(61)50(67)57-40-17-11-14-33-13-7-8-15-38(33)40)71-28-10-6-9-25-56-48(65)34-23-26-60(27-24-34)41-18-12-16-39-45(41)52(69)62(51(39)68)42-21-22-44(63)58-49(42)66/h7-8,12-13,15-16,18-20,29,32,34,40,42-43,46,55H,6,9-11,14,17,21-28,30-31H2,1-5H3,(H,56,65)(H,57,67)(H,59,64)(H,58,63,66)/t32-,40+,42?,43-,46+/m0/s1. The highest BCUT2D eigenvalue weighted by atomic mass is 16.5. The van der Waals surface area contributed by atoms with Crippen LogP contribution >= 0.6 is 0 Å². The number of piperidine rings is 2. The molecule has 4 aliphatic heterocycles. The highest BCUT2D eigenvalue weighted by molar-refractivity contribution is 6.25. The normalized spacial score (nSPS) is 21.1. The number of unbranched alkanes of at least 4 members (excludes halogenated alkanes) is 2. The first-order valence-electron chi connectivity index (χ1n) is 25.3. The number of benzene rings is 3. The Bertz CT molecular complexity index is 2570. The first kappa shape index (κ1) is 50.8. The van der Waals surface area contributed by atoms with E-state index in [2.05, 4.69) is 38.7 Å². The van der Waals surface area contributed by atoms with E-state index in [0.717, 1.165) is 60.1 Å². The quantitative estimate of drug-likeness (QED) is 0.101. The van der Waals surface area contributed by atoms with E-state index in [1.165, 1.54) is 5.56 Å². The predicted molar refractivity (Wildman–Crippen MR) is 265 cm³/mol. The highest BCUT2D eigenvalue weighted by Gasteiger charge is 2.47. The first-order chi connectivity index (χ1) is 34.0. The molecule has 5 atom stereocenters. The predicted octanol–water partition coefficient (Wildman–Crippen LogP) is 4.26. The van der Waals surface area contributed by atoms with Crippen molar-refractivity contribution in [1.82, 2.24) is 36.4 Å². The van der Waals surface area contributed by atoms with Crippen molar-refractivity contribution >= 4 is 52.9 Å². The Balaban J connectivity index is 0.821. The van der Waals surface area contributed by atoms with Gasteiger partial charge in [0.05, 0.1) is 35.5 Å². The van der Waals surface area contributed by atoms with E-state index in [9.17, 15) is 38.4 Å². The molecule has 8 amide bonds. The van der Waals surface area contributed by atoms with Crippen LogP contribution in [0.15, 0.2) is 60.7 Å². The average Bonchev–Trinajstić information content (AvgIpc) is 3.62. The molecular weight excluding hydrogens is 905 g/mol. The third-order valence-corrected chi connectivity index (χ3v) is 14.8. The molecule has 71 heavy (non-hydrogen) atoms. The number of anilines is 1. The monoisotopic (exact) mass is 973 g/mol. The number of likely N-dealkylation sites (N-methyl/N-ethyl adjacent to an activating group) is 1. The summed E-state index contributed by atoms with van der Waals surface area (Å²) in [5.74, 6) is -2.56. The van der Waals surface area contributed by atoms with E-state index in [4.69, 9.17) is 4.74 Å². The van der Waals surface area contributed by atoms with Gasteiger partial charge in [-0.2, -0.15) is 0 Å². The van der Waals surface area contributed by atoms with Crippen molar-refractivity contribution in [3.63, 3.8) is 0 Å². The summed E-state index contributed by atoms with van der Waals surface area (Å²) in [6.07, 6.45) is 6.65.